The van der Waals surface area contributed by atoms with Gasteiger partial charge in [0.15, 0.2) is 12.4 Å². The van der Waals surface area contributed by atoms with Crippen LogP contribution in [0.15, 0.2) is 0 Å². The molecule has 0 amide bonds. The van der Waals surface area contributed by atoms with Crippen molar-refractivity contribution in [3.05, 3.63) is 0 Å². The molecule has 6 N–H and O–H groups in total. The number of hydrogen-bond donors (Lipinski definition) is 6. The summed E-state index contributed by atoms with van der Waals surface area (Å²) in [5.41, 5.74) is 0. The van der Waals surface area contributed by atoms with Gasteiger partial charge in [0.25, 0.3) is 0 Å². The Balaban J connectivity index is 0.000000438. The normalized spacial score (nSPS) is 30.5. The predicted molar refractivity (Wildman–Crippen MR) is 77.5 cm³/mol. The molecule has 0 aliphatic carbocycles. The molecule has 136 valence electrons. The van der Waals surface area contributed by atoms with Gasteiger partial charge in [-0.1, -0.05) is 26.7 Å². The molecule has 9 nitrogen and oxygen atoms in total. The van der Waals surface area contributed by atoms with Crippen molar-refractivity contribution in [3.63, 3.8) is 0 Å². The third-order valence-electron chi connectivity index (χ3n) is 3.46. The number of aliphatic carboxylic acids is 2. The standard InChI is InChI=1S/C8H16O2.C6H10O7/c1-3-5-7(6-4-2)8(9)10;7-1-2(8)4(5(10)11)13-6(12)3(1)9/h7H,3-6H2,1-2H3,(H,9,10);1-4,6-9,12H,(H,10,11)/t;1-,2-,3+,4-,6?/m.0/s1. The quantitative estimate of drug-likeness (QED) is 0.362. The molecule has 1 rings (SSSR count). The van der Waals surface area contributed by atoms with Crippen LogP contribution in [-0.4, -0.2) is 73.3 Å². The Morgan fingerprint density at radius 1 is 0.913 bits per heavy atom. The highest BCUT2D eigenvalue weighted by Gasteiger charge is 2.46. The minimum atomic E-state index is -1.81. The SMILES string of the molecule is CCCC(CCC)C(=O)O.O=C(O)[C@H]1OC(O)[C@H](O)[C@@H](O)[C@@H]1O. The zero-order chi connectivity index (χ0) is 18.2. The molecule has 0 saturated carbocycles. The van der Waals surface area contributed by atoms with Crippen molar-refractivity contribution >= 4 is 11.9 Å². The fourth-order valence-corrected chi connectivity index (χ4v) is 2.15. The van der Waals surface area contributed by atoms with Crippen LogP contribution in [0.25, 0.3) is 0 Å². The van der Waals surface area contributed by atoms with E-state index in [9.17, 15) is 9.59 Å². The van der Waals surface area contributed by atoms with E-state index in [0.717, 1.165) is 25.7 Å². The molecule has 0 aromatic heterocycles. The summed E-state index contributed by atoms with van der Waals surface area (Å²) in [6.45, 7) is 4.04. The number of ether oxygens (including phenoxy) is 1. The van der Waals surface area contributed by atoms with Gasteiger partial charge in [-0.15, -0.1) is 0 Å². The van der Waals surface area contributed by atoms with Gasteiger partial charge in [0.1, 0.15) is 18.3 Å². The van der Waals surface area contributed by atoms with Gasteiger partial charge in [-0.2, -0.15) is 0 Å². The average molecular weight is 338 g/mol. The maximum atomic E-state index is 10.5. The number of carboxylic acid groups (broad SMARTS) is 2. The monoisotopic (exact) mass is 338 g/mol. The van der Waals surface area contributed by atoms with E-state index in [-0.39, 0.29) is 5.92 Å². The van der Waals surface area contributed by atoms with Crippen LogP contribution in [0.5, 0.6) is 0 Å². The number of hydrogen-bond acceptors (Lipinski definition) is 7. The first kappa shape index (κ1) is 21.7. The molecule has 9 heteroatoms. The third kappa shape index (κ3) is 6.80. The van der Waals surface area contributed by atoms with Crippen LogP contribution >= 0.6 is 0 Å². The van der Waals surface area contributed by atoms with E-state index in [1.54, 1.807) is 0 Å². The summed E-state index contributed by atoms with van der Waals surface area (Å²) in [7, 11) is 0. The molecule has 23 heavy (non-hydrogen) atoms. The maximum Gasteiger partial charge on any atom is 0.335 e. The van der Waals surface area contributed by atoms with Gasteiger partial charge < -0.3 is 35.4 Å². The van der Waals surface area contributed by atoms with Crippen LogP contribution < -0.4 is 0 Å². The molecule has 1 aliphatic rings. The van der Waals surface area contributed by atoms with E-state index < -0.39 is 42.6 Å². The molecular formula is C14H26O9. The van der Waals surface area contributed by atoms with Crippen LogP contribution in [0.2, 0.25) is 0 Å². The molecule has 0 aromatic rings. The van der Waals surface area contributed by atoms with Gasteiger partial charge in [-0.05, 0) is 12.8 Å². The van der Waals surface area contributed by atoms with Crippen molar-refractivity contribution in [2.24, 2.45) is 5.92 Å². The molecule has 1 aliphatic heterocycles. The zero-order valence-electron chi connectivity index (χ0n) is 13.2. The predicted octanol–water partition coefficient (Wildman–Crippen LogP) is -0.842. The van der Waals surface area contributed by atoms with Crippen molar-refractivity contribution in [2.75, 3.05) is 0 Å². The average Bonchev–Trinajstić information content (AvgIpc) is 2.48. The smallest absolute Gasteiger partial charge is 0.335 e. The van der Waals surface area contributed by atoms with Gasteiger partial charge in [-0.3, -0.25) is 4.79 Å². The molecule has 1 unspecified atom stereocenters. The number of aliphatic hydroxyl groups is 4. The summed E-state index contributed by atoms with van der Waals surface area (Å²) >= 11 is 0. The van der Waals surface area contributed by atoms with Crippen LogP contribution in [0, 0.1) is 5.92 Å². The summed E-state index contributed by atoms with van der Waals surface area (Å²) < 4.78 is 4.34. The minimum Gasteiger partial charge on any atom is -0.481 e. The Morgan fingerprint density at radius 2 is 1.39 bits per heavy atom. The summed E-state index contributed by atoms with van der Waals surface area (Å²) in [6.07, 6.45) is -5.14. The highest BCUT2D eigenvalue weighted by atomic mass is 16.6. The second-order valence-electron chi connectivity index (χ2n) is 5.37. The number of aliphatic hydroxyl groups excluding tert-OH is 4. The molecular weight excluding hydrogens is 312 g/mol. The Bertz CT molecular complexity index is 367. The van der Waals surface area contributed by atoms with E-state index in [0.29, 0.717) is 0 Å². The van der Waals surface area contributed by atoms with Crippen molar-refractivity contribution < 1.29 is 45.0 Å². The summed E-state index contributed by atoms with van der Waals surface area (Å²) in [6, 6.07) is 0. The maximum absolute atomic E-state index is 10.5. The molecule has 1 saturated heterocycles. The van der Waals surface area contributed by atoms with Gasteiger partial charge >= 0.3 is 11.9 Å². The molecule has 0 radical (unpaired) electrons. The largest absolute Gasteiger partial charge is 0.481 e. The minimum absolute atomic E-state index is 0.102. The Morgan fingerprint density at radius 3 is 1.74 bits per heavy atom. The number of carbonyl (C=O) groups is 2. The first-order chi connectivity index (χ1) is 10.7. The van der Waals surface area contributed by atoms with Gasteiger partial charge in [0.2, 0.25) is 0 Å². The molecule has 0 bridgehead atoms. The van der Waals surface area contributed by atoms with E-state index in [1.807, 2.05) is 13.8 Å². The molecule has 1 heterocycles. The van der Waals surface area contributed by atoms with Gasteiger partial charge in [-0.25, -0.2) is 4.79 Å². The van der Waals surface area contributed by atoms with E-state index >= 15 is 0 Å². The lowest BCUT2D eigenvalue weighted by Crippen LogP contribution is -2.59. The Hall–Kier alpha value is -1.26. The second kappa shape index (κ2) is 10.5. The third-order valence-corrected chi connectivity index (χ3v) is 3.46. The van der Waals surface area contributed by atoms with E-state index in [4.69, 9.17) is 30.6 Å². The van der Waals surface area contributed by atoms with Gasteiger partial charge in [0.05, 0.1) is 5.92 Å². The Kier molecular flexibility index (Phi) is 9.93. The lowest BCUT2D eigenvalue weighted by atomic mass is 9.99. The second-order valence-corrected chi connectivity index (χ2v) is 5.37. The van der Waals surface area contributed by atoms with Crippen LogP contribution in [0.1, 0.15) is 39.5 Å². The van der Waals surface area contributed by atoms with E-state index in [2.05, 4.69) is 4.74 Å². The first-order valence-corrected chi connectivity index (χ1v) is 7.50. The molecule has 0 aromatic carbocycles. The highest BCUT2D eigenvalue weighted by Crippen LogP contribution is 2.19. The number of rotatable bonds is 6. The zero-order valence-corrected chi connectivity index (χ0v) is 13.2. The van der Waals surface area contributed by atoms with Crippen molar-refractivity contribution in [1.82, 2.24) is 0 Å². The van der Waals surface area contributed by atoms with Crippen molar-refractivity contribution in [3.8, 4) is 0 Å². The van der Waals surface area contributed by atoms with Gasteiger partial charge in [0, 0.05) is 0 Å². The first-order valence-electron chi connectivity index (χ1n) is 7.50. The number of carboxylic acids is 2. The summed E-state index contributed by atoms with van der Waals surface area (Å²) in [5.74, 6) is -2.25. The summed E-state index contributed by atoms with van der Waals surface area (Å²) in [4.78, 5) is 20.9. The van der Waals surface area contributed by atoms with Crippen molar-refractivity contribution in [2.45, 2.75) is 70.2 Å². The van der Waals surface area contributed by atoms with Crippen molar-refractivity contribution in [1.29, 1.82) is 0 Å². The molecule has 1 fully saturated rings. The molecule has 5 atom stereocenters. The topological polar surface area (TPSA) is 165 Å². The van der Waals surface area contributed by atoms with Crippen LogP contribution in [-0.2, 0) is 14.3 Å². The summed E-state index contributed by atoms with van der Waals surface area (Å²) in [5, 5.41) is 53.0. The lowest BCUT2D eigenvalue weighted by molar-refractivity contribution is -0.279. The van der Waals surface area contributed by atoms with E-state index in [1.165, 1.54) is 0 Å². The highest BCUT2D eigenvalue weighted by molar-refractivity contribution is 5.73. The molecule has 0 spiro atoms. The van der Waals surface area contributed by atoms with Crippen LogP contribution in [0.3, 0.4) is 0 Å². The lowest BCUT2D eigenvalue weighted by Gasteiger charge is -2.36. The van der Waals surface area contributed by atoms with Crippen LogP contribution in [0.4, 0.5) is 0 Å². The Labute approximate surface area is 134 Å². The fraction of sp³-hybridized carbons (Fsp3) is 0.857. The fourth-order valence-electron chi connectivity index (χ4n) is 2.15.